The average molecular weight is 299 g/mol. The highest BCUT2D eigenvalue weighted by atomic mass is 16.7. The van der Waals surface area contributed by atoms with Gasteiger partial charge < -0.3 is 14.8 Å². The van der Waals surface area contributed by atoms with Crippen LogP contribution in [-0.2, 0) is 0 Å². The molecule has 0 saturated heterocycles. The maximum Gasteiger partial charge on any atom is 0.251 e. The molecule has 2 aromatic rings. The second-order valence-corrected chi connectivity index (χ2v) is 5.48. The molecular formula is C17H21N3O2. The summed E-state index contributed by atoms with van der Waals surface area (Å²) in [5, 5.41) is 3.41. The van der Waals surface area contributed by atoms with Crippen LogP contribution in [0.1, 0.15) is 45.3 Å². The highest BCUT2D eigenvalue weighted by Crippen LogP contribution is 2.43. The van der Waals surface area contributed by atoms with Crippen molar-refractivity contribution in [1.82, 2.24) is 9.97 Å². The van der Waals surface area contributed by atoms with Gasteiger partial charge in [-0.25, -0.2) is 0 Å². The van der Waals surface area contributed by atoms with Gasteiger partial charge in [0.1, 0.15) is 0 Å². The van der Waals surface area contributed by atoms with Crippen LogP contribution in [0.2, 0.25) is 0 Å². The molecule has 0 aliphatic carbocycles. The quantitative estimate of drug-likeness (QED) is 0.906. The number of hydrogen-bond acceptors (Lipinski definition) is 5. The minimum atomic E-state index is -0.516. The van der Waals surface area contributed by atoms with E-state index < -0.39 is 5.79 Å². The standard InChI is InChI=1S/C17H21N3O2/c1-4-17(5-2)21-15-7-6-13(10-16(15)22-17)20-12(3)14-11-18-8-9-19-14/h6-12,20H,4-5H2,1-3H3/t12-/m0/s1. The molecule has 1 N–H and O–H groups in total. The number of rotatable bonds is 5. The molecule has 22 heavy (non-hydrogen) atoms. The Morgan fingerprint density at radius 3 is 2.59 bits per heavy atom. The second kappa shape index (κ2) is 5.83. The van der Waals surface area contributed by atoms with Crippen LogP contribution in [0, 0.1) is 0 Å². The number of aromatic nitrogens is 2. The van der Waals surface area contributed by atoms with Gasteiger partial charge in [0, 0.05) is 37.0 Å². The fourth-order valence-corrected chi connectivity index (χ4v) is 2.58. The van der Waals surface area contributed by atoms with Crippen molar-refractivity contribution in [2.45, 2.75) is 45.4 Å². The third-order valence-electron chi connectivity index (χ3n) is 4.02. The van der Waals surface area contributed by atoms with Gasteiger partial charge in [0.05, 0.1) is 17.9 Å². The first kappa shape index (κ1) is 14.6. The van der Waals surface area contributed by atoms with E-state index in [9.17, 15) is 0 Å². The van der Waals surface area contributed by atoms with E-state index in [-0.39, 0.29) is 6.04 Å². The molecule has 0 spiro atoms. The van der Waals surface area contributed by atoms with Crippen LogP contribution >= 0.6 is 0 Å². The number of nitrogens with one attached hydrogen (secondary N) is 1. The Labute approximate surface area is 130 Å². The fraction of sp³-hybridized carbons (Fsp3) is 0.412. The van der Waals surface area contributed by atoms with Crippen molar-refractivity contribution in [3.05, 3.63) is 42.5 Å². The lowest BCUT2D eigenvalue weighted by Gasteiger charge is -2.24. The van der Waals surface area contributed by atoms with Crippen molar-refractivity contribution in [2.24, 2.45) is 0 Å². The van der Waals surface area contributed by atoms with Crippen molar-refractivity contribution >= 4 is 5.69 Å². The maximum absolute atomic E-state index is 6.03. The van der Waals surface area contributed by atoms with Gasteiger partial charge in [0.2, 0.25) is 0 Å². The van der Waals surface area contributed by atoms with Crippen LogP contribution in [0.15, 0.2) is 36.8 Å². The van der Waals surface area contributed by atoms with Gasteiger partial charge in [-0.3, -0.25) is 9.97 Å². The lowest BCUT2D eigenvalue weighted by Crippen LogP contribution is -2.36. The summed E-state index contributed by atoms with van der Waals surface area (Å²) in [6.45, 7) is 6.20. The zero-order valence-electron chi connectivity index (χ0n) is 13.2. The summed E-state index contributed by atoms with van der Waals surface area (Å²) in [6.07, 6.45) is 6.77. The number of hydrogen-bond donors (Lipinski definition) is 1. The summed E-state index contributed by atoms with van der Waals surface area (Å²) in [5.41, 5.74) is 1.88. The highest BCUT2D eigenvalue weighted by molar-refractivity contribution is 5.56. The van der Waals surface area contributed by atoms with Gasteiger partial charge >= 0.3 is 0 Å². The van der Waals surface area contributed by atoms with Crippen LogP contribution in [0.5, 0.6) is 11.5 Å². The number of anilines is 1. The SMILES string of the molecule is CCC1(CC)Oc2ccc(N[C@@H](C)c3cnccn3)cc2O1. The molecule has 116 valence electrons. The van der Waals surface area contributed by atoms with Crippen molar-refractivity contribution in [2.75, 3.05) is 5.32 Å². The van der Waals surface area contributed by atoms with E-state index in [1.807, 2.05) is 18.2 Å². The number of nitrogens with zero attached hydrogens (tertiary/aromatic N) is 2. The minimum absolute atomic E-state index is 0.0659. The Kier molecular flexibility index (Phi) is 3.88. The van der Waals surface area contributed by atoms with Gasteiger partial charge in [-0.05, 0) is 19.1 Å². The lowest BCUT2D eigenvalue weighted by atomic mass is 10.1. The predicted octanol–water partition coefficient (Wildman–Crippen LogP) is 3.94. The third-order valence-corrected chi connectivity index (χ3v) is 4.02. The van der Waals surface area contributed by atoms with Gasteiger partial charge in [0.15, 0.2) is 11.5 Å². The molecule has 0 radical (unpaired) electrons. The van der Waals surface area contributed by atoms with E-state index in [0.717, 1.165) is 35.7 Å². The summed E-state index contributed by atoms with van der Waals surface area (Å²) in [6, 6.07) is 6.00. The van der Waals surface area contributed by atoms with Gasteiger partial charge in [0.25, 0.3) is 5.79 Å². The molecular weight excluding hydrogens is 278 g/mol. The molecule has 0 fully saturated rings. The summed E-state index contributed by atoms with van der Waals surface area (Å²) in [5.74, 6) is 1.08. The number of ether oxygens (including phenoxy) is 2. The van der Waals surface area contributed by atoms with E-state index in [2.05, 4.69) is 36.1 Å². The Balaban J connectivity index is 1.76. The normalized spacial score (nSPS) is 16.3. The van der Waals surface area contributed by atoms with Crippen LogP contribution in [0.3, 0.4) is 0 Å². The summed E-state index contributed by atoms with van der Waals surface area (Å²) in [4.78, 5) is 8.42. The van der Waals surface area contributed by atoms with E-state index in [0.29, 0.717) is 0 Å². The van der Waals surface area contributed by atoms with Crippen molar-refractivity contribution < 1.29 is 9.47 Å². The van der Waals surface area contributed by atoms with E-state index in [1.165, 1.54) is 0 Å². The minimum Gasteiger partial charge on any atom is -0.448 e. The zero-order chi connectivity index (χ0) is 15.6. The Morgan fingerprint density at radius 1 is 1.14 bits per heavy atom. The summed E-state index contributed by atoms with van der Waals surface area (Å²) in [7, 11) is 0. The van der Waals surface area contributed by atoms with Crippen LogP contribution in [-0.4, -0.2) is 15.8 Å². The largest absolute Gasteiger partial charge is 0.448 e. The molecule has 0 bridgehead atoms. The first-order valence-corrected chi connectivity index (χ1v) is 7.70. The monoisotopic (exact) mass is 299 g/mol. The first-order chi connectivity index (χ1) is 10.7. The number of benzene rings is 1. The van der Waals surface area contributed by atoms with Crippen LogP contribution in [0.25, 0.3) is 0 Å². The van der Waals surface area contributed by atoms with E-state index >= 15 is 0 Å². The molecule has 0 amide bonds. The molecule has 3 rings (SSSR count). The number of fused-ring (bicyclic) bond motifs is 1. The molecule has 1 atom stereocenters. The fourth-order valence-electron chi connectivity index (χ4n) is 2.58. The molecule has 2 heterocycles. The van der Waals surface area contributed by atoms with Gasteiger partial charge in [-0.15, -0.1) is 0 Å². The summed E-state index contributed by atoms with van der Waals surface area (Å²) >= 11 is 0. The third kappa shape index (κ3) is 2.71. The highest BCUT2D eigenvalue weighted by Gasteiger charge is 2.38. The molecule has 1 aromatic carbocycles. The Hall–Kier alpha value is -2.30. The topological polar surface area (TPSA) is 56.3 Å². The molecule has 5 nitrogen and oxygen atoms in total. The first-order valence-electron chi connectivity index (χ1n) is 7.70. The molecule has 1 aromatic heterocycles. The average Bonchev–Trinajstić information content (AvgIpc) is 2.94. The van der Waals surface area contributed by atoms with Crippen molar-refractivity contribution in [1.29, 1.82) is 0 Å². The second-order valence-electron chi connectivity index (χ2n) is 5.48. The molecule has 1 aliphatic rings. The molecule has 5 heteroatoms. The van der Waals surface area contributed by atoms with Gasteiger partial charge in [-0.2, -0.15) is 0 Å². The molecule has 0 unspecified atom stereocenters. The zero-order valence-corrected chi connectivity index (χ0v) is 13.2. The molecule has 0 saturated carbocycles. The summed E-state index contributed by atoms with van der Waals surface area (Å²) < 4.78 is 12.0. The van der Waals surface area contributed by atoms with Crippen molar-refractivity contribution in [3.8, 4) is 11.5 Å². The lowest BCUT2D eigenvalue weighted by molar-refractivity contribution is -0.0843. The van der Waals surface area contributed by atoms with Crippen molar-refractivity contribution in [3.63, 3.8) is 0 Å². The van der Waals surface area contributed by atoms with Crippen LogP contribution in [0.4, 0.5) is 5.69 Å². The predicted molar refractivity (Wildman–Crippen MR) is 85.1 cm³/mol. The maximum atomic E-state index is 6.03. The molecule has 1 aliphatic heterocycles. The van der Waals surface area contributed by atoms with E-state index in [1.54, 1.807) is 18.6 Å². The van der Waals surface area contributed by atoms with Crippen LogP contribution < -0.4 is 14.8 Å². The van der Waals surface area contributed by atoms with E-state index in [4.69, 9.17) is 9.47 Å². The Bertz CT molecular complexity index is 642. The Morgan fingerprint density at radius 2 is 1.91 bits per heavy atom. The van der Waals surface area contributed by atoms with Gasteiger partial charge in [-0.1, -0.05) is 13.8 Å². The smallest absolute Gasteiger partial charge is 0.251 e.